The number of halogens is 2. The lowest BCUT2D eigenvalue weighted by molar-refractivity contribution is -0.123. The number of nitrogens with zero attached hydrogens (tertiary/aromatic N) is 1. The lowest BCUT2D eigenvalue weighted by atomic mass is 9.95. The molecule has 2 aromatic carbocycles. The molecule has 0 aliphatic heterocycles. The summed E-state index contributed by atoms with van der Waals surface area (Å²) in [4.78, 5) is 16.7. The highest BCUT2D eigenvalue weighted by Gasteiger charge is 2.21. The van der Waals surface area contributed by atoms with Gasteiger partial charge in [0, 0.05) is 27.1 Å². The quantitative estimate of drug-likeness (QED) is 0.486. The number of aromatic nitrogens is 1. The first kappa shape index (κ1) is 19.7. The van der Waals surface area contributed by atoms with Crippen molar-refractivity contribution in [3.05, 3.63) is 57.9 Å². The van der Waals surface area contributed by atoms with Gasteiger partial charge in [0.2, 0.25) is 5.91 Å². The van der Waals surface area contributed by atoms with Gasteiger partial charge in [-0.2, -0.15) is 0 Å². The number of hydrogen-bond acceptors (Lipinski definition) is 4. The average molecular weight is 420 g/mol. The predicted molar refractivity (Wildman–Crippen MR) is 115 cm³/mol. The third-order valence-corrected chi connectivity index (χ3v) is 5.12. The van der Waals surface area contributed by atoms with Crippen molar-refractivity contribution >= 4 is 57.0 Å². The maximum absolute atomic E-state index is 12.1. The summed E-state index contributed by atoms with van der Waals surface area (Å²) in [7, 11) is 0. The Bertz CT molecular complexity index is 962. The number of anilines is 3. The van der Waals surface area contributed by atoms with E-state index in [0.29, 0.717) is 15.7 Å². The van der Waals surface area contributed by atoms with Crippen molar-refractivity contribution in [1.82, 2.24) is 4.98 Å². The summed E-state index contributed by atoms with van der Waals surface area (Å²) < 4.78 is 0. The average Bonchev–Trinajstić information content (AvgIpc) is 3.06. The zero-order chi connectivity index (χ0) is 19.6. The highest BCUT2D eigenvalue weighted by Crippen LogP contribution is 2.32. The third kappa shape index (κ3) is 5.01. The van der Waals surface area contributed by atoms with E-state index in [0.717, 1.165) is 22.1 Å². The van der Waals surface area contributed by atoms with Crippen LogP contribution in [-0.4, -0.2) is 10.9 Å². The summed E-state index contributed by atoms with van der Waals surface area (Å²) in [6, 6.07) is 12.9. The van der Waals surface area contributed by atoms with E-state index in [1.807, 2.05) is 50.4 Å². The predicted octanol–water partition coefficient (Wildman–Crippen LogP) is 6.85. The second kappa shape index (κ2) is 7.89. The number of carbonyl (C=O) groups excluding carboxylic acids is 1. The molecule has 2 N–H and O–H groups in total. The topological polar surface area (TPSA) is 54.0 Å². The third-order valence-electron chi connectivity index (χ3n) is 3.79. The van der Waals surface area contributed by atoms with Gasteiger partial charge >= 0.3 is 0 Å². The molecule has 3 aromatic rings. The molecule has 0 unspecified atom stereocenters. The molecule has 0 aliphatic rings. The molecule has 0 aliphatic carbocycles. The lowest BCUT2D eigenvalue weighted by Crippen LogP contribution is -2.27. The summed E-state index contributed by atoms with van der Waals surface area (Å²) in [5.74, 6) is -0.0196. The van der Waals surface area contributed by atoms with Gasteiger partial charge in [0.25, 0.3) is 0 Å². The van der Waals surface area contributed by atoms with Crippen molar-refractivity contribution in [3.63, 3.8) is 0 Å². The van der Waals surface area contributed by atoms with Crippen LogP contribution in [0.25, 0.3) is 11.3 Å². The maximum atomic E-state index is 12.1. The van der Waals surface area contributed by atoms with Gasteiger partial charge in [-0.1, -0.05) is 56.1 Å². The Balaban J connectivity index is 1.73. The number of rotatable bonds is 4. The Labute approximate surface area is 172 Å². The molecular formula is C20H19Cl2N3OS. The van der Waals surface area contributed by atoms with Gasteiger partial charge in [-0.15, -0.1) is 11.3 Å². The largest absolute Gasteiger partial charge is 0.330 e. The van der Waals surface area contributed by atoms with E-state index >= 15 is 0 Å². The monoisotopic (exact) mass is 419 g/mol. The number of thiazole rings is 1. The summed E-state index contributed by atoms with van der Waals surface area (Å²) in [6.07, 6.45) is 0. The number of nitrogens with one attached hydrogen (secondary N) is 2. The van der Waals surface area contributed by atoms with Crippen molar-refractivity contribution in [2.45, 2.75) is 20.8 Å². The van der Waals surface area contributed by atoms with Crippen LogP contribution >= 0.6 is 34.5 Å². The molecule has 1 heterocycles. The summed E-state index contributed by atoms with van der Waals surface area (Å²) in [6.45, 7) is 5.64. The summed E-state index contributed by atoms with van der Waals surface area (Å²) in [5.41, 5.74) is 2.85. The minimum absolute atomic E-state index is 0.0196. The van der Waals surface area contributed by atoms with Crippen LogP contribution < -0.4 is 10.6 Å². The Kier molecular flexibility index (Phi) is 5.75. The van der Waals surface area contributed by atoms with Gasteiger partial charge < -0.3 is 10.6 Å². The second-order valence-corrected chi connectivity index (χ2v) is 8.77. The van der Waals surface area contributed by atoms with E-state index in [4.69, 9.17) is 23.2 Å². The first-order chi connectivity index (χ1) is 12.7. The fourth-order valence-corrected chi connectivity index (χ4v) is 3.28. The van der Waals surface area contributed by atoms with Crippen LogP contribution in [0, 0.1) is 5.41 Å². The van der Waals surface area contributed by atoms with Crippen LogP contribution in [0.2, 0.25) is 10.0 Å². The van der Waals surface area contributed by atoms with E-state index < -0.39 is 5.41 Å². The van der Waals surface area contributed by atoms with E-state index in [2.05, 4.69) is 15.6 Å². The van der Waals surface area contributed by atoms with Gasteiger partial charge in [-0.3, -0.25) is 4.79 Å². The summed E-state index contributed by atoms with van der Waals surface area (Å²) in [5, 5.41) is 9.97. The molecule has 1 aromatic heterocycles. The number of benzene rings is 2. The Hall–Kier alpha value is -2.08. The van der Waals surface area contributed by atoms with E-state index in [1.54, 1.807) is 18.2 Å². The van der Waals surface area contributed by atoms with Crippen LogP contribution in [-0.2, 0) is 4.79 Å². The molecule has 0 atom stereocenters. The zero-order valence-corrected chi connectivity index (χ0v) is 17.5. The molecule has 0 radical (unpaired) electrons. The maximum Gasteiger partial charge on any atom is 0.229 e. The molecule has 0 bridgehead atoms. The van der Waals surface area contributed by atoms with Crippen LogP contribution in [0.5, 0.6) is 0 Å². The van der Waals surface area contributed by atoms with Crippen LogP contribution in [0.3, 0.4) is 0 Å². The van der Waals surface area contributed by atoms with Crippen molar-refractivity contribution in [1.29, 1.82) is 0 Å². The number of hydrogen-bond donors (Lipinski definition) is 2. The standard InChI is InChI=1S/C20H19Cl2N3OS/c1-20(2,3)18(26)23-14-7-4-12(5-8-14)17-11-27-19(25-17)24-16-10-13(21)6-9-15(16)22/h4-11H,1-3H3,(H,23,26)(H,24,25). The van der Waals surface area contributed by atoms with Crippen molar-refractivity contribution in [2.75, 3.05) is 10.6 Å². The molecular weight excluding hydrogens is 401 g/mol. The summed E-state index contributed by atoms with van der Waals surface area (Å²) >= 11 is 13.7. The molecule has 3 rings (SSSR count). The molecule has 4 nitrogen and oxygen atoms in total. The Morgan fingerprint density at radius 2 is 1.78 bits per heavy atom. The van der Waals surface area contributed by atoms with Gasteiger partial charge in [-0.05, 0) is 30.3 Å². The van der Waals surface area contributed by atoms with Gasteiger partial charge in [0.05, 0.1) is 16.4 Å². The first-order valence-electron chi connectivity index (χ1n) is 8.32. The van der Waals surface area contributed by atoms with Crippen LogP contribution in [0.1, 0.15) is 20.8 Å². The molecule has 1 amide bonds. The lowest BCUT2D eigenvalue weighted by Gasteiger charge is -2.17. The van der Waals surface area contributed by atoms with E-state index in [-0.39, 0.29) is 5.91 Å². The number of carbonyl (C=O) groups is 1. The van der Waals surface area contributed by atoms with E-state index in [9.17, 15) is 4.79 Å². The van der Waals surface area contributed by atoms with Crippen molar-refractivity contribution in [3.8, 4) is 11.3 Å². The molecule has 27 heavy (non-hydrogen) atoms. The molecule has 7 heteroatoms. The van der Waals surface area contributed by atoms with E-state index in [1.165, 1.54) is 11.3 Å². The Morgan fingerprint density at radius 1 is 1.07 bits per heavy atom. The minimum Gasteiger partial charge on any atom is -0.330 e. The molecule has 0 saturated heterocycles. The normalized spacial score (nSPS) is 11.3. The Morgan fingerprint density at radius 3 is 2.44 bits per heavy atom. The highest BCUT2D eigenvalue weighted by atomic mass is 35.5. The molecule has 0 fully saturated rings. The van der Waals surface area contributed by atoms with Crippen molar-refractivity contribution < 1.29 is 4.79 Å². The number of amides is 1. The van der Waals surface area contributed by atoms with Gasteiger partial charge in [0.1, 0.15) is 0 Å². The fourth-order valence-electron chi connectivity index (χ4n) is 2.22. The zero-order valence-electron chi connectivity index (χ0n) is 15.1. The van der Waals surface area contributed by atoms with Crippen molar-refractivity contribution in [2.24, 2.45) is 5.41 Å². The van der Waals surface area contributed by atoms with Crippen LogP contribution in [0.15, 0.2) is 47.8 Å². The highest BCUT2D eigenvalue weighted by molar-refractivity contribution is 7.14. The SMILES string of the molecule is CC(C)(C)C(=O)Nc1ccc(-c2csc(Nc3cc(Cl)ccc3Cl)n2)cc1. The minimum atomic E-state index is -0.435. The molecule has 0 saturated carbocycles. The van der Waals surface area contributed by atoms with Crippen LogP contribution in [0.4, 0.5) is 16.5 Å². The van der Waals surface area contributed by atoms with Gasteiger partial charge in [-0.25, -0.2) is 4.98 Å². The molecule has 140 valence electrons. The molecule has 0 spiro atoms. The fraction of sp³-hybridized carbons (Fsp3) is 0.200. The second-order valence-electron chi connectivity index (χ2n) is 7.07. The smallest absolute Gasteiger partial charge is 0.229 e. The van der Waals surface area contributed by atoms with Gasteiger partial charge in [0.15, 0.2) is 5.13 Å². The first-order valence-corrected chi connectivity index (χ1v) is 9.95.